The number of halogens is 2. The number of nitrogens with zero attached hydrogens (tertiary/aromatic N) is 2. The normalized spacial score (nSPS) is 26.0. The van der Waals surface area contributed by atoms with E-state index in [-0.39, 0.29) is 0 Å². The Morgan fingerprint density at radius 1 is 1.19 bits per heavy atom. The van der Waals surface area contributed by atoms with Crippen molar-refractivity contribution in [2.75, 3.05) is 0 Å². The van der Waals surface area contributed by atoms with E-state index in [0.717, 1.165) is 46.1 Å². The predicted molar refractivity (Wildman–Crippen MR) is 88.6 cm³/mol. The van der Waals surface area contributed by atoms with Gasteiger partial charge in [-0.05, 0) is 49.8 Å². The van der Waals surface area contributed by atoms with Crippen LogP contribution in [0.3, 0.4) is 0 Å². The zero-order chi connectivity index (χ0) is 15.0. The van der Waals surface area contributed by atoms with Gasteiger partial charge in [-0.2, -0.15) is 4.98 Å². The van der Waals surface area contributed by atoms with Gasteiger partial charge < -0.3 is 10.3 Å². The van der Waals surface area contributed by atoms with Crippen molar-refractivity contribution >= 4 is 31.9 Å². The van der Waals surface area contributed by atoms with Crippen LogP contribution >= 0.6 is 31.9 Å². The van der Waals surface area contributed by atoms with E-state index in [2.05, 4.69) is 48.9 Å². The lowest BCUT2D eigenvalue weighted by Crippen LogP contribution is -2.41. The van der Waals surface area contributed by atoms with Crippen molar-refractivity contribution in [3.63, 3.8) is 0 Å². The molecule has 0 unspecified atom stereocenters. The van der Waals surface area contributed by atoms with E-state index in [4.69, 9.17) is 10.3 Å². The molecule has 1 saturated carbocycles. The summed E-state index contributed by atoms with van der Waals surface area (Å²) in [5.41, 5.74) is 6.92. The zero-order valence-electron chi connectivity index (χ0n) is 11.8. The summed E-state index contributed by atoms with van der Waals surface area (Å²) < 4.78 is 7.34. The first-order chi connectivity index (χ1) is 9.96. The smallest absolute Gasteiger partial charge is 0.258 e. The Labute approximate surface area is 140 Å². The number of hydrogen-bond donors (Lipinski definition) is 1. The molecule has 0 saturated heterocycles. The van der Waals surface area contributed by atoms with Crippen LogP contribution in [0.4, 0.5) is 0 Å². The minimum atomic E-state index is -0.447. The molecule has 1 fully saturated rings. The summed E-state index contributed by atoms with van der Waals surface area (Å²) in [4.78, 5) is 4.54. The molecule has 6 heteroatoms. The standard InChI is InChI=1S/C15H17Br2N3O/c1-9-2-4-15(18,5-3-9)14-19-13(21-20-14)10-6-11(16)8-12(17)7-10/h6-9H,2-5,18H2,1H3. The molecule has 112 valence electrons. The van der Waals surface area contributed by atoms with Gasteiger partial charge in [0.05, 0.1) is 5.54 Å². The molecule has 1 aromatic heterocycles. The molecule has 0 amide bonds. The molecule has 1 aliphatic carbocycles. The van der Waals surface area contributed by atoms with Gasteiger partial charge in [0.2, 0.25) is 0 Å². The molecular weight excluding hydrogens is 398 g/mol. The summed E-state index contributed by atoms with van der Waals surface area (Å²) in [7, 11) is 0. The summed E-state index contributed by atoms with van der Waals surface area (Å²) in [5, 5.41) is 4.13. The zero-order valence-corrected chi connectivity index (χ0v) is 14.9. The maximum absolute atomic E-state index is 6.49. The molecule has 1 aromatic carbocycles. The van der Waals surface area contributed by atoms with Crippen LogP contribution in [0.25, 0.3) is 11.5 Å². The number of hydrogen-bond acceptors (Lipinski definition) is 4. The second-order valence-electron chi connectivity index (χ2n) is 5.92. The number of nitrogens with two attached hydrogens (primary N) is 1. The molecule has 0 atom stereocenters. The van der Waals surface area contributed by atoms with Crippen molar-refractivity contribution in [3.8, 4) is 11.5 Å². The van der Waals surface area contributed by atoms with Crippen molar-refractivity contribution in [2.24, 2.45) is 11.7 Å². The molecule has 3 rings (SSSR count). The van der Waals surface area contributed by atoms with Gasteiger partial charge in [-0.15, -0.1) is 0 Å². The summed E-state index contributed by atoms with van der Waals surface area (Å²) >= 11 is 6.93. The van der Waals surface area contributed by atoms with Gasteiger partial charge in [0, 0.05) is 14.5 Å². The summed E-state index contributed by atoms with van der Waals surface area (Å²) in [5.74, 6) is 1.87. The topological polar surface area (TPSA) is 64.9 Å². The lowest BCUT2D eigenvalue weighted by Gasteiger charge is -2.33. The Hall–Kier alpha value is -0.720. The van der Waals surface area contributed by atoms with Gasteiger partial charge in [-0.3, -0.25) is 0 Å². The van der Waals surface area contributed by atoms with Crippen LogP contribution in [-0.2, 0) is 5.54 Å². The number of rotatable bonds is 2. The first-order valence-electron chi connectivity index (χ1n) is 7.06. The highest BCUT2D eigenvalue weighted by Gasteiger charge is 2.36. The van der Waals surface area contributed by atoms with Crippen molar-refractivity contribution < 1.29 is 4.52 Å². The average Bonchev–Trinajstić information content (AvgIpc) is 2.92. The summed E-state index contributed by atoms with van der Waals surface area (Å²) in [6.45, 7) is 2.26. The van der Waals surface area contributed by atoms with Gasteiger partial charge in [-0.1, -0.05) is 43.9 Å². The lowest BCUT2D eigenvalue weighted by molar-refractivity contribution is 0.230. The maximum Gasteiger partial charge on any atom is 0.258 e. The van der Waals surface area contributed by atoms with Crippen LogP contribution < -0.4 is 5.73 Å². The third kappa shape index (κ3) is 3.22. The van der Waals surface area contributed by atoms with Crippen LogP contribution in [0.5, 0.6) is 0 Å². The van der Waals surface area contributed by atoms with Crippen LogP contribution in [0.2, 0.25) is 0 Å². The molecule has 1 aliphatic rings. The minimum absolute atomic E-state index is 0.447. The SMILES string of the molecule is CC1CCC(N)(c2noc(-c3cc(Br)cc(Br)c3)n2)CC1. The van der Waals surface area contributed by atoms with Crippen LogP contribution in [0, 0.1) is 5.92 Å². The van der Waals surface area contributed by atoms with E-state index in [9.17, 15) is 0 Å². The van der Waals surface area contributed by atoms with Crippen molar-refractivity contribution in [1.29, 1.82) is 0 Å². The summed E-state index contributed by atoms with van der Waals surface area (Å²) in [6, 6.07) is 5.87. The number of aromatic nitrogens is 2. The fourth-order valence-electron chi connectivity index (χ4n) is 2.72. The van der Waals surface area contributed by atoms with Gasteiger partial charge in [0.1, 0.15) is 0 Å². The van der Waals surface area contributed by atoms with Crippen LogP contribution in [0.15, 0.2) is 31.7 Å². The Balaban J connectivity index is 1.89. The monoisotopic (exact) mass is 413 g/mol. The molecular formula is C15H17Br2N3O. The van der Waals surface area contributed by atoms with Gasteiger partial charge in [0.25, 0.3) is 5.89 Å². The quantitative estimate of drug-likeness (QED) is 0.778. The lowest BCUT2D eigenvalue weighted by atomic mass is 9.77. The van der Waals surface area contributed by atoms with Gasteiger partial charge in [0.15, 0.2) is 5.82 Å². The Morgan fingerprint density at radius 2 is 1.81 bits per heavy atom. The maximum atomic E-state index is 6.49. The minimum Gasteiger partial charge on any atom is -0.334 e. The third-order valence-electron chi connectivity index (χ3n) is 4.15. The van der Waals surface area contributed by atoms with Crippen LogP contribution in [-0.4, -0.2) is 10.1 Å². The van der Waals surface area contributed by atoms with E-state index in [1.54, 1.807) is 0 Å². The molecule has 0 bridgehead atoms. The van der Waals surface area contributed by atoms with Crippen molar-refractivity contribution in [3.05, 3.63) is 33.0 Å². The highest BCUT2D eigenvalue weighted by atomic mass is 79.9. The van der Waals surface area contributed by atoms with Crippen molar-refractivity contribution in [2.45, 2.75) is 38.1 Å². The molecule has 0 spiro atoms. The van der Waals surface area contributed by atoms with Crippen molar-refractivity contribution in [1.82, 2.24) is 10.1 Å². The second-order valence-corrected chi connectivity index (χ2v) is 7.75. The molecule has 0 radical (unpaired) electrons. The summed E-state index contributed by atoms with van der Waals surface area (Å²) in [6.07, 6.45) is 4.05. The molecule has 0 aliphatic heterocycles. The van der Waals surface area contributed by atoms with E-state index < -0.39 is 5.54 Å². The third-order valence-corrected chi connectivity index (χ3v) is 5.06. The molecule has 1 heterocycles. The predicted octanol–water partition coefficient (Wildman–Crippen LogP) is 4.63. The van der Waals surface area contributed by atoms with Gasteiger partial charge in [-0.25, -0.2) is 0 Å². The first kappa shape index (κ1) is 15.2. The highest BCUT2D eigenvalue weighted by molar-refractivity contribution is 9.11. The van der Waals surface area contributed by atoms with E-state index in [1.807, 2.05) is 18.2 Å². The van der Waals surface area contributed by atoms with E-state index >= 15 is 0 Å². The fraction of sp³-hybridized carbons (Fsp3) is 0.467. The number of benzene rings is 1. The van der Waals surface area contributed by atoms with Crippen LogP contribution in [0.1, 0.15) is 38.4 Å². The van der Waals surface area contributed by atoms with Gasteiger partial charge >= 0.3 is 0 Å². The Morgan fingerprint density at radius 3 is 2.43 bits per heavy atom. The average molecular weight is 415 g/mol. The molecule has 2 aromatic rings. The largest absolute Gasteiger partial charge is 0.334 e. The second kappa shape index (κ2) is 5.82. The molecule has 2 N–H and O–H groups in total. The Kier molecular flexibility index (Phi) is 4.21. The molecule has 21 heavy (non-hydrogen) atoms. The highest BCUT2D eigenvalue weighted by Crippen LogP contribution is 2.37. The first-order valence-corrected chi connectivity index (χ1v) is 8.64. The van der Waals surface area contributed by atoms with E-state index in [0.29, 0.717) is 11.7 Å². The molecule has 4 nitrogen and oxygen atoms in total. The fourth-order valence-corrected chi connectivity index (χ4v) is 4.01. The Bertz CT molecular complexity index is 628. The van der Waals surface area contributed by atoms with E-state index in [1.165, 1.54) is 0 Å².